The number of hydrogen-bond acceptors (Lipinski definition) is 3. The van der Waals surface area contributed by atoms with Crippen molar-refractivity contribution in [3.05, 3.63) is 56.0 Å². The Morgan fingerprint density at radius 2 is 2.00 bits per heavy atom. The molecule has 0 atom stereocenters. The first-order valence-electron chi connectivity index (χ1n) is 5.76. The fourth-order valence-electron chi connectivity index (χ4n) is 1.69. The predicted molar refractivity (Wildman–Crippen MR) is 84.4 cm³/mol. The van der Waals surface area contributed by atoms with E-state index in [1.807, 2.05) is 18.4 Å². The average Bonchev–Trinajstić information content (AvgIpc) is 2.80. The molecule has 104 valence electrons. The van der Waals surface area contributed by atoms with Crippen molar-refractivity contribution in [2.45, 2.75) is 13.8 Å². The SMILES string of the molecule is Cc1ccsc1C(=O)NC(=S)c1c(F)ccc(C)c1Cl. The van der Waals surface area contributed by atoms with Crippen LogP contribution in [0.3, 0.4) is 0 Å². The molecule has 0 aliphatic carbocycles. The van der Waals surface area contributed by atoms with Crippen LogP contribution in [0.5, 0.6) is 0 Å². The van der Waals surface area contributed by atoms with Crippen LogP contribution in [0.4, 0.5) is 4.39 Å². The van der Waals surface area contributed by atoms with Gasteiger partial charge in [-0.1, -0.05) is 29.9 Å². The van der Waals surface area contributed by atoms with Crippen LogP contribution in [0.2, 0.25) is 5.02 Å². The largest absolute Gasteiger partial charge is 0.312 e. The summed E-state index contributed by atoms with van der Waals surface area (Å²) in [5, 5.41) is 4.56. The van der Waals surface area contributed by atoms with E-state index >= 15 is 0 Å². The third kappa shape index (κ3) is 2.90. The molecule has 0 saturated carbocycles. The summed E-state index contributed by atoms with van der Waals surface area (Å²) in [6.07, 6.45) is 0. The van der Waals surface area contributed by atoms with Gasteiger partial charge in [0.05, 0.1) is 15.5 Å². The lowest BCUT2D eigenvalue weighted by Crippen LogP contribution is -2.30. The molecule has 0 bridgehead atoms. The van der Waals surface area contributed by atoms with E-state index in [-0.39, 0.29) is 21.5 Å². The highest BCUT2D eigenvalue weighted by atomic mass is 35.5. The molecule has 1 aromatic carbocycles. The lowest BCUT2D eigenvalue weighted by Gasteiger charge is -2.11. The first-order chi connectivity index (χ1) is 9.41. The maximum absolute atomic E-state index is 13.8. The lowest BCUT2D eigenvalue weighted by atomic mass is 10.1. The minimum Gasteiger partial charge on any atom is -0.312 e. The van der Waals surface area contributed by atoms with Crippen molar-refractivity contribution in [1.29, 1.82) is 0 Å². The fraction of sp³-hybridized carbons (Fsp3) is 0.143. The number of aryl methyl sites for hydroxylation is 2. The molecule has 0 unspecified atom stereocenters. The molecule has 0 radical (unpaired) electrons. The Kier molecular flexibility index (Phi) is 4.52. The van der Waals surface area contributed by atoms with Crippen molar-refractivity contribution >= 4 is 46.1 Å². The maximum atomic E-state index is 13.8. The van der Waals surface area contributed by atoms with Crippen molar-refractivity contribution in [3.63, 3.8) is 0 Å². The molecule has 1 aromatic heterocycles. The quantitative estimate of drug-likeness (QED) is 0.835. The van der Waals surface area contributed by atoms with Crippen LogP contribution in [0.25, 0.3) is 0 Å². The predicted octanol–water partition coefficient (Wildman–Crippen LogP) is 4.26. The Labute approximate surface area is 130 Å². The third-order valence-corrected chi connectivity index (χ3v) is 4.62. The zero-order valence-corrected chi connectivity index (χ0v) is 13.2. The maximum Gasteiger partial charge on any atom is 0.266 e. The molecule has 0 spiro atoms. The summed E-state index contributed by atoms with van der Waals surface area (Å²) in [6, 6.07) is 4.68. The molecule has 0 fully saturated rings. The summed E-state index contributed by atoms with van der Waals surface area (Å²) in [6.45, 7) is 3.58. The highest BCUT2D eigenvalue weighted by Crippen LogP contribution is 2.24. The van der Waals surface area contributed by atoms with Crippen molar-refractivity contribution in [1.82, 2.24) is 5.32 Å². The first kappa shape index (κ1) is 15.1. The Balaban J connectivity index is 2.28. The number of amides is 1. The molecule has 1 amide bonds. The Hall–Kier alpha value is -1.30. The second-order valence-corrected chi connectivity index (χ2v) is 5.97. The number of hydrogen-bond donors (Lipinski definition) is 1. The van der Waals surface area contributed by atoms with E-state index in [2.05, 4.69) is 5.32 Å². The molecule has 2 rings (SSSR count). The van der Waals surface area contributed by atoms with Crippen LogP contribution >= 0.6 is 35.2 Å². The zero-order chi connectivity index (χ0) is 14.9. The Morgan fingerprint density at radius 1 is 1.30 bits per heavy atom. The molecular formula is C14H11ClFNOS2. The highest BCUT2D eigenvalue weighted by Gasteiger charge is 2.18. The van der Waals surface area contributed by atoms with Gasteiger partial charge in [0, 0.05) is 0 Å². The molecule has 0 aliphatic heterocycles. The molecule has 20 heavy (non-hydrogen) atoms. The second kappa shape index (κ2) is 5.99. The van der Waals surface area contributed by atoms with Gasteiger partial charge < -0.3 is 5.32 Å². The molecule has 0 saturated heterocycles. The number of benzene rings is 1. The van der Waals surface area contributed by atoms with Crippen LogP contribution in [-0.2, 0) is 0 Å². The highest BCUT2D eigenvalue weighted by molar-refractivity contribution is 7.80. The molecule has 6 heteroatoms. The van der Waals surface area contributed by atoms with E-state index in [4.69, 9.17) is 23.8 Å². The topological polar surface area (TPSA) is 29.1 Å². The van der Waals surface area contributed by atoms with Gasteiger partial charge in [-0.25, -0.2) is 4.39 Å². The van der Waals surface area contributed by atoms with Crippen LogP contribution < -0.4 is 5.32 Å². The van der Waals surface area contributed by atoms with Gasteiger partial charge in [0.15, 0.2) is 0 Å². The Morgan fingerprint density at radius 3 is 2.60 bits per heavy atom. The van der Waals surface area contributed by atoms with Gasteiger partial charge in [-0.05, 0) is 42.5 Å². The number of carbonyl (C=O) groups is 1. The van der Waals surface area contributed by atoms with Crippen molar-refractivity contribution in [2.24, 2.45) is 0 Å². The number of thiophene rings is 1. The van der Waals surface area contributed by atoms with Gasteiger partial charge in [0.1, 0.15) is 10.8 Å². The minimum atomic E-state index is -0.547. The Bertz CT molecular complexity index is 696. The molecule has 2 nitrogen and oxygen atoms in total. The summed E-state index contributed by atoms with van der Waals surface area (Å²) in [5.41, 5.74) is 1.61. The molecule has 1 heterocycles. The molecule has 0 aliphatic rings. The summed E-state index contributed by atoms with van der Waals surface area (Å²) in [5.74, 6) is -0.895. The minimum absolute atomic E-state index is 0.00556. The van der Waals surface area contributed by atoms with Crippen molar-refractivity contribution < 1.29 is 9.18 Å². The lowest BCUT2D eigenvalue weighted by molar-refractivity contribution is 0.0981. The van der Waals surface area contributed by atoms with E-state index in [1.165, 1.54) is 17.4 Å². The van der Waals surface area contributed by atoms with E-state index in [0.717, 1.165) is 5.56 Å². The van der Waals surface area contributed by atoms with E-state index in [9.17, 15) is 9.18 Å². The molecular weight excluding hydrogens is 317 g/mol. The number of thiocarbonyl (C=S) groups is 1. The first-order valence-corrected chi connectivity index (χ1v) is 7.42. The molecule has 2 aromatic rings. The summed E-state index contributed by atoms with van der Waals surface area (Å²) < 4.78 is 13.8. The van der Waals surface area contributed by atoms with Gasteiger partial charge >= 0.3 is 0 Å². The number of nitrogens with one attached hydrogen (secondary N) is 1. The van der Waals surface area contributed by atoms with E-state index in [1.54, 1.807) is 13.0 Å². The monoisotopic (exact) mass is 327 g/mol. The number of rotatable bonds is 2. The van der Waals surface area contributed by atoms with Gasteiger partial charge in [0.2, 0.25) is 0 Å². The van der Waals surface area contributed by atoms with Crippen LogP contribution in [0, 0.1) is 19.7 Å². The van der Waals surface area contributed by atoms with Crippen LogP contribution in [-0.4, -0.2) is 10.9 Å². The molecule has 1 N–H and O–H groups in total. The standard InChI is InChI=1S/C14H11ClFNOS2/c1-7-3-4-9(16)10(11(7)15)14(19)17-13(18)12-8(2)5-6-20-12/h3-6H,1-2H3,(H,17,18,19). The van der Waals surface area contributed by atoms with Crippen LogP contribution in [0.1, 0.15) is 26.4 Å². The van der Waals surface area contributed by atoms with Crippen molar-refractivity contribution in [3.8, 4) is 0 Å². The summed E-state index contributed by atoms with van der Waals surface area (Å²) >= 11 is 12.5. The van der Waals surface area contributed by atoms with E-state index < -0.39 is 5.82 Å². The average molecular weight is 328 g/mol. The normalized spacial score (nSPS) is 10.4. The number of halogens is 2. The smallest absolute Gasteiger partial charge is 0.266 e. The van der Waals surface area contributed by atoms with Gasteiger partial charge in [-0.3, -0.25) is 4.79 Å². The zero-order valence-electron chi connectivity index (χ0n) is 10.8. The van der Waals surface area contributed by atoms with Crippen LogP contribution in [0.15, 0.2) is 23.6 Å². The van der Waals surface area contributed by atoms with Crippen molar-refractivity contribution in [2.75, 3.05) is 0 Å². The summed E-state index contributed by atoms with van der Waals surface area (Å²) in [4.78, 5) is 12.6. The van der Waals surface area contributed by atoms with Gasteiger partial charge in [0.25, 0.3) is 5.91 Å². The van der Waals surface area contributed by atoms with E-state index in [0.29, 0.717) is 10.4 Å². The third-order valence-electron chi connectivity index (χ3n) is 2.81. The van der Waals surface area contributed by atoms with Gasteiger partial charge in [-0.2, -0.15) is 0 Å². The fourth-order valence-corrected chi connectivity index (χ4v) is 3.11. The number of carbonyl (C=O) groups excluding carboxylic acids is 1. The second-order valence-electron chi connectivity index (χ2n) is 4.27. The summed E-state index contributed by atoms with van der Waals surface area (Å²) in [7, 11) is 0. The van der Waals surface area contributed by atoms with Gasteiger partial charge in [-0.15, -0.1) is 11.3 Å².